The van der Waals surface area contributed by atoms with Crippen molar-refractivity contribution in [2.45, 2.75) is 59.0 Å². The van der Waals surface area contributed by atoms with Crippen molar-refractivity contribution < 1.29 is 18.7 Å². The summed E-state index contributed by atoms with van der Waals surface area (Å²) >= 11 is 0. The molecule has 1 amide bonds. The first-order valence-corrected chi connectivity index (χ1v) is 10.4. The Balaban J connectivity index is 0.00000204. The summed E-state index contributed by atoms with van der Waals surface area (Å²) in [5, 5.41) is 3.36. The molecule has 6 nitrogen and oxygen atoms in total. The van der Waals surface area contributed by atoms with Gasteiger partial charge in [0.2, 0.25) is 0 Å². The number of carbonyl (C=O) groups is 1. The summed E-state index contributed by atoms with van der Waals surface area (Å²) in [7, 11) is 2.21. The summed E-state index contributed by atoms with van der Waals surface area (Å²) < 4.78 is 20.1. The van der Waals surface area contributed by atoms with E-state index in [-0.39, 0.29) is 6.09 Å². The molecule has 1 aliphatic heterocycles. The summed E-state index contributed by atoms with van der Waals surface area (Å²) in [6.45, 7) is 11.1. The summed E-state index contributed by atoms with van der Waals surface area (Å²) in [5.74, 6) is 1.17. The third-order valence-corrected chi connectivity index (χ3v) is 4.47. The Morgan fingerprint density at radius 3 is 2.66 bits per heavy atom. The molecular formula is C22H38FN3O3. The Bertz CT molecular complexity index is 620. The molecular weight excluding hydrogens is 373 g/mol. The van der Waals surface area contributed by atoms with Crippen molar-refractivity contribution in [1.82, 2.24) is 10.3 Å². The molecule has 29 heavy (non-hydrogen) atoms. The van der Waals surface area contributed by atoms with Crippen LogP contribution in [0.25, 0.3) is 0 Å². The Hall–Kier alpha value is -1.73. The van der Waals surface area contributed by atoms with Crippen LogP contribution in [-0.2, 0) is 22.3 Å². The van der Waals surface area contributed by atoms with Crippen LogP contribution in [0.1, 0.15) is 51.8 Å². The van der Waals surface area contributed by atoms with E-state index in [9.17, 15) is 9.18 Å². The van der Waals surface area contributed by atoms with Gasteiger partial charge < -0.3 is 14.8 Å². The van der Waals surface area contributed by atoms with Crippen LogP contribution in [0.5, 0.6) is 0 Å². The second-order valence-electron chi connectivity index (χ2n) is 8.39. The van der Waals surface area contributed by atoms with Crippen molar-refractivity contribution in [3.63, 3.8) is 0 Å². The third kappa shape index (κ3) is 9.09. The summed E-state index contributed by atoms with van der Waals surface area (Å²) in [6, 6.07) is 4.23. The fourth-order valence-corrected chi connectivity index (χ4v) is 3.22. The molecule has 0 saturated heterocycles. The van der Waals surface area contributed by atoms with Gasteiger partial charge in [-0.05, 0) is 70.5 Å². The average molecular weight is 412 g/mol. The van der Waals surface area contributed by atoms with Gasteiger partial charge in [0, 0.05) is 25.9 Å². The maximum absolute atomic E-state index is 12.7. The Kier molecular flexibility index (Phi) is 11.1. The third-order valence-electron chi connectivity index (χ3n) is 4.47. The normalized spacial score (nSPS) is 16.0. The number of unbranched alkanes of at least 4 members (excludes halogenated alkanes) is 1. The van der Waals surface area contributed by atoms with E-state index >= 15 is 0 Å². The van der Waals surface area contributed by atoms with Gasteiger partial charge in [-0.2, -0.15) is 0 Å². The zero-order valence-electron chi connectivity index (χ0n) is 18.9. The highest BCUT2D eigenvalue weighted by atomic mass is 19.1. The molecule has 0 saturated carbocycles. The predicted molar refractivity (Wildman–Crippen MR) is 115 cm³/mol. The predicted octanol–water partition coefficient (Wildman–Crippen LogP) is 4.16. The first-order chi connectivity index (χ1) is 13.8. The smallest absolute Gasteiger partial charge is 0.416 e. The molecule has 0 aliphatic carbocycles. The molecule has 0 radical (unpaired) electrons. The van der Waals surface area contributed by atoms with E-state index in [2.05, 4.69) is 24.4 Å². The molecule has 7 heteroatoms. The fourth-order valence-electron chi connectivity index (χ4n) is 3.22. The zero-order valence-corrected chi connectivity index (χ0v) is 18.9. The number of aryl methyl sites for hydroxylation is 1. The number of ether oxygens (including phenoxy) is 2. The first kappa shape index (κ1) is 25.3. The number of nitrogens with one attached hydrogen (secondary N) is 1. The molecule has 1 N–H and O–H groups in total. The van der Waals surface area contributed by atoms with Gasteiger partial charge in [-0.3, -0.25) is 9.29 Å². The number of nitrogens with zero attached hydrogens (tertiary/aromatic N) is 2. The number of fused-ring (bicyclic) bond motifs is 1. The van der Waals surface area contributed by atoms with Crippen LogP contribution < -0.4 is 10.2 Å². The highest BCUT2D eigenvalue weighted by Crippen LogP contribution is 2.29. The maximum atomic E-state index is 12.7. The second kappa shape index (κ2) is 12.8. The van der Waals surface area contributed by atoms with Gasteiger partial charge in [0.15, 0.2) is 0 Å². The van der Waals surface area contributed by atoms with Crippen LogP contribution in [0.3, 0.4) is 0 Å². The lowest BCUT2D eigenvalue weighted by Crippen LogP contribution is -2.43. The van der Waals surface area contributed by atoms with Crippen LogP contribution in [0, 0.1) is 5.92 Å². The van der Waals surface area contributed by atoms with Gasteiger partial charge in [0.05, 0.1) is 13.8 Å². The summed E-state index contributed by atoms with van der Waals surface area (Å²) in [4.78, 5) is 19.2. The molecule has 1 unspecified atom stereocenters. The van der Waals surface area contributed by atoms with Crippen LogP contribution in [0.4, 0.5) is 15.0 Å². The molecule has 1 aromatic rings. The van der Waals surface area contributed by atoms with Crippen LogP contribution >= 0.6 is 0 Å². The molecule has 0 fully saturated rings. The molecule has 1 aromatic heterocycles. The largest absolute Gasteiger partial charge is 0.443 e. The maximum Gasteiger partial charge on any atom is 0.416 e. The number of carbonyl (C=O) groups excluding carboxylic acids is 1. The van der Waals surface area contributed by atoms with E-state index < -0.39 is 5.60 Å². The number of anilines is 1. The van der Waals surface area contributed by atoms with Gasteiger partial charge in [-0.1, -0.05) is 13.0 Å². The van der Waals surface area contributed by atoms with Gasteiger partial charge in [-0.25, -0.2) is 9.78 Å². The topological polar surface area (TPSA) is 63.7 Å². The number of halogens is 1. The summed E-state index contributed by atoms with van der Waals surface area (Å²) in [6.07, 6.45) is 3.72. The van der Waals surface area contributed by atoms with Gasteiger partial charge in [0.25, 0.3) is 0 Å². The number of hydrogen-bond donors (Lipinski definition) is 1. The van der Waals surface area contributed by atoms with Gasteiger partial charge in [0.1, 0.15) is 11.4 Å². The number of pyridine rings is 1. The SMILES string of the molecule is CF.COCCNCCCCc1ccc2c(n1)N(C(=O)OC(C)(C)C)CC(C)C2. The van der Waals surface area contributed by atoms with Crippen molar-refractivity contribution in [2.24, 2.45) is 5.92 Å². The molecule has 0 spiro atoms. The quantitative estimate of drug-likeness (QED) is 0.651. The number of amides is 1. The van der Waals surface area contributed by atoms with Gasteiger partial charge >= 0.3 is 6.09 Å². The van der Waals surface area contributed by atoms with Crippen molar-refractivity contribution in [1.29, 1.82) is 0 Å². The molecule has 0 aromatic carbocycles. The average Bonchev–Trinajstić information content (AvgIpc) is 2.67. The van der Waals surface area contributed by atoms with E-state index in [1.165, 1.54) is 0 Å². The highest BCUT2D eigenvalue weighted by Gasteiger charge is 2.31. The number of aromatic nitrogens is 1. The number of hydrogen-bond acceptors (Lipinski definition) is 5. The minimum atomic E-state index is -0.509. The highest BCUT2D eigenvalue weighted by molar-refractivity contribution is 5.88. The monoisotopic (exact) mass is 411 g/mol. The van der Waals surface area contributed by atoms with Crippen molar-refractivity contribution in [3.05, 3.63) is 23.4 Å². The molecule has 1 aliphatic rings. The fraction of sp³-hybridized carbons (Fsp3) is 0.727. The number of rotatable bonds is 8. The van der Waals surface area contributed by atoms with E-state index in [1.54, 1.807) is 12.0 Å². The first-order valence-electron chi connectivity index (χ1n) is 10.4. The lowest BCUT2D eigenvalue weighted by Gasteiger charge is -2.33. The van der Waals surface area contributed by atoms with Gasteiger partial charge in [-0.15, -0.1) is 0 Å². The van der Waals surface area contributed by atoms with E-state index in [1.807, 2.05) is 20.8 Å². The molecule has 1 atom stereocenters. The molecule has 2 rings (SSSR count). The molecule has 166 valence electrons. The number of methoxy groups -OCH3 is 1. The lowest BCUT2D eigenvalue weighted by molar-refractivity contribution is 0.0571. The minimum Gasteiger partial charge on any atom is -0.443 e. The standard InChI is InChI=1S/C21H35N3O3.CH3F/c1-16-14-17-9-10-18(8-6-7-11-22-12-13-26-5)23-19(17)24(15-16)20(25)27-21(2,3)4;1-2/h9-10,16,22H,6-8,11-15H2,1-5H3;1H3. The molecule has 2 heterocycles. The van der Waals surface area contributed by atoms with Crippen LogP contribution in [-0.4, -0.2) is 57.2 Å². The molecule has 0 bridgehead atoms. The van der Waals surface area contributed by atoms with E-state index in [4.69, 9.17) is 14.5 Å². The van der Waals surface area contributed by atoms with Crippen molar-refractivity contribution in [3.8, 4) is 0 Å². The Labute approximate surface area is 175 Å². The lowest BCUT2D eigenvalue weighted by atomic mass is 9.96. The van der Waals surface area contributed by atoms with Crippen molar-refractivity contribution >= 4 is 11.9 Å². The second-order valence-corrected chi connectivity index (χ2v) is 8.39. The van der Waals surface area contributed by atoms with E-state index in [0.29, 0.717) is 19.6 Å². The summed E-state index contributed by atoms with van der Waals surface area (Å²) in [5.41, 5.74) is 1.66. The Morgan fingerprint density at radius 1 is 1.28 bits per heavy atom. The van der Waals surface area contributed by atoms with Crippen LogP contribution in [0.15, 0.2) is 12.1 Å². The number of alkyl halides is 1. The zero-order chi connectivity index (χ0) is 21.9. The van der Waals surface area contributed by atoms with E-state index in [0.717, 1.165) is 62.5 Å². The minimum absolute atomic E-state index is 0.303. The van der Waals surface area contributed by atoms with Crippen molar-refractivity contribution in [2.75, 3.05) is 45.4 Å². The van der Waals surface area contributed by atoms with Crippen LogP contribution in [0.2, 0.25) is 0 Å². The Morgan fingerprint density at radius 2 is 2.00 bits per heavy atom.